The third kappa shape index (κ3) is 5.85. The molecule has 1 heterocycles. The van der Waals surface area contributed by atoms with Gasteiger partial charge in [0.15, 0.2) is 0 Å². The number of nitrogens with one attached hydrogen (secondary N) is 2. The number of rotatable bonds is 5. The number of piperidine rings is 1. The summed E-state index contributed by atoms with van der Waals surface area (Å²) < 4.78 is 6.01. The Hall–Kier alpha value is -0.780. The van der Waals surface area contributed by atoms with Gasteiger partial charge >= 0.3 is 0 Å². The van der Waals surface area contributed by atoms with Gasteiger partial charge in [-0.15, -0.1) is 12.4 Å². The van der Waals surface area contributed by atoms with Gasteiger partial charge in [-0.1, -0.05) is 0 Å². The molecule has 0 saturated carbocycles. The summed E-state index contributed by atoms with van der Waals surface area (Å²) in [5.41, 5.74) is 0.799. The number of halogens is 2. The van der Waals surface area contributed by atoms with Crippen molar-refractivity contribution in [3.63, 3.8) is 0 Å². The number of anilines is 1. The van der Waals surface area contributed by atoms with Crippen LogP contribution in [0.4, 0.5) is 5.69 Å². The van der Waals surface area contributed by atoms with Gasteiger partial charge in [0.05, 0.1) is 11.6 Å². The normalized spacial score (nSPS) is 15.1. The molecule has 21 heavy (non-hydrogen) atoms. The first kappa shape index (κ1) is 18.3. The maximum Gasteiger partial charge on any atom is 0.224 e. The molecule has 0 aromatic heterocycles. The summed E-state index contributed by atoms with van der Waals surface area (Å²) in [6.07, 6.45) is 3.93. The third-order valence-corrected chi connectivity index (χ3v) is 4.29. The Morgan fingerprint density at radius 1 is 1.43 bits per heavy atom. The molecule has 1 aliphatic rings. The number of hydrogen-bond acceptors (Lipinski definition) is 3. The molecule has 1 aliphatic heterocycles. The van der Waals surface area contributed by atoms with Gasteiger partial charge in [-0.3, -0.25) is 4.79 Å². The van der Waals surface area contributed by atoms with Crippen LogP contribution in [0.3, 0.4) is 0 Å². The van der Waals surface area contributed by atoms with Gasteiger partial charge in [0.25, 0.3) is 0 Å². The van der Waals surface area contributed by atoms with Gasteiger partial charge in [-0.2, -0.15) is 0 Å². The fourth-order valence-electron chi connectivity index (χ4n) is 2.47. The van der Waals surface area contributed by atoms with E-state index in [1.165, 1.54) is 12.8 Å². The van der Waals surface area contributed by atoms with Gasteiger partial charge in [-0.05, 0) is 72.4 Å². The maximum atomic E-state index is 11.9. The Morgan fingerprint density at radius 2 is 2.14 bits per heavy atom. The van der Waals surface area contributed by atoms with Crippen LogP contribution in [0.15, 0.2) is 22.7 Å². The SMILES string of the molecule is COc1ccc(NC(=O)CCC2CCNCC2)cc1Br.Cl. The summed E-state index contributed by atoms with van der Waals surface area (Å²) in [5, 5.41) is 6.28. The summed E-state index contributed by atoms with van der Waals surface area (Å²) >= 11 is 3.42. The molecular formula is C15H22BrClN2O2. The summed E-state index contributed by atoms with van der Waals surface area (Å²) in [7, 11) is 1.62. The van der Waals surface area contributed by atoms with Crippen LogP contribution in [-0.4, -0.2) is 26.1 Å². The van der Waals surface area contributed by atoms with E-state index in [9.17, 15) is 4.79 Å². The summed E-state index contributed by atoms with van der Waals surface area (Å²) in [6, 6.07) is 5.56. The van der Waals surface area contributed by atoms with Crippen LogP contribution < -0.4 is 15.4 Å². The van der Waals surface area contributed by atoms with Crippen molar-refractivity contribution in [3.8, 4) is 5.75 Å². The molecule has 0 radical (unpaired) electrons. The zero-order valence-corrected chi connectivity index (χ0v) is 14.6. The van der Waals surface area contributed by atoms with Crippen molar-refractivity contribution in [1.82, 2.24) is 5.32 Å². The monoisotopic (exact) mass is 376 g/mol. The molecule has 2 rings (SSSR count). The van der Waals surface area contributed by atoms with Gasteiger partial charge in [0.2, 0.25) is 5.91 Å². The van der Waals surface area contributed by atoms with Crippen LogP contribution >= 0.6 is 28.3 Å². The second kappa shape index (κ2) is 9.28. The third-order valence-electron chi connectivity index (χ3n) is 3.67. The van der Waals surface area contributed by atoms with Crippen LogP contribution in [0.5, 0.6) is 5.75 Å². The molecule has 6 heteroatoms. The minimum Gasteiger partial charge on any atom is -0.496 e. The second-order valence-electron chi connectivity index (χ2n) is 5.13. The molecule has 118 valence electrons. The lowest BCUT2D eigenvalue weighted by atomic mass is 9.93. The lowest BCUT2D eigenvalue weighted by molar-refractivity contribution is -0.116. The Balaban J connectivity index is 0.00000220. The standard InChI is InChI=1S/C15H21BrN2O2.ClH/c1-20-14-4-3-12(10-13(14)16)18-15(19)5-2-11-6-8-17-9-7-11;/h3-4,10-11,17H,2,5-9H2,1H3,(H,18,19);1H. The van der Waals surface area contributed by atoms with E-state index in [2.05, 4.69) is 26.6 Å². The molecule has 1 fully saturated rings. The lowest BCUT2D eigenvalue weighted by Gasteiger charge is -2.22. The lowest BCUT2D eigenvalue weighted by Crippen LogP contribution is -2.28. The number of ether oxygens (including phenoxy) is 1. The largest absolute Gasteiger partial charge is 0.496 e. The minimum atomic E-state index is 0. The van der Waals surface area contributed by atoms with Crippen LogP contribution in [0.1, 0.15) is 25.7 Å². The Labute approximate surface area is 140 Å². The van der Waals surface area contributed by atoms with E-state index >= 15 is 0 Å². The van der Waals surface area contributed by atoms with Crippen molar-refractivity contribution in [2.24, 2.45) is 5.92 Å². The number of benzene rings is 1. The van der Waals surface area contributed by atoms with E-state index in [4.69, 9.17) is 4.74 Å². The van der Waals surface area contributed by atoms with Crippen molar-refractivity contribution in [1.29, 1.82) is 0 Å². The molecule has 1 aromatic rings. The number of carbonyl (C=O) groups is 1. The van der Waals surface area contributed by atoms with Crippen LogP contribution in [0.25, 0.3) is 0 Å². The average molecular weight is 378 g/mol. The molecule has 1 amide bonds. The predicted octanol–water partition coefficient (Wildman–Crippen LogP) is 3.60. The molecule has 2 N–H and O–H groups in total. The van der Waals surface area contributed by atoms with E-state index in [0.29, 0.717) is 12.3 Å². The van der Waals surface area contributed by atoms with Crippen LogP contribution in [0, 0.1) is 5.92 Å². The van der Waals surface area contributed by atoms with Crippen molar-refractivity contribution < 1.29 is 9.53 Å². The molecule has 0 spiro atoms. The second-order valence-corrected chi connectivity index (χ2v) is 5.98. The quantitative estimate of drug-likeness (QED) is 0.824. The van der Waals surface area contributed by atoms with E-state index in [1.54, 1.807) is 7.11 Å². The van der Waals surface area contributed by atoms with Crippen molar-refractivity contribution in [3.05, 3.63) is 22.7 Å². The van der Waals surface area contributed by atoms with Gasteiger partial charge in [0, 0.05) is 12.1 Å². The highest BCUT2D eigenvalue weighted by atomic mass is 79.9. The van der Waals surface area contributed by atoms with E-state index in [1.807, 2.05) is 18.2 Å². The zero-order valence-electron chi connectivity index (χ0n) is 12.2. The predicted molar refractivity (Wildman–Crippen MR) is 91.4 cm³/mol. The maximum absolute atomic E-state index is 11.9. The highest BCUT2D eigenvalue weighted by molar-refractivity contribution is 9.10. The molecule has 1 aromatic carbocycles. The Bertz CT molecular complexity index is 465. The Kier molecular flexibility index (Phi) is 8.07. The van der Waals surface area contributed by atoms with Gasteiger partial charge in [0.1, 0.15) is 5.75 Å². The minimum absolute atomic E-state index is 0. The first-order valence-electron chi connectivity index (χ1n) is 7.03. The van der Waals surface area contributed by atoms with E-state index < -0.39 is 0 Å². The molecule has 0 unspecified atom stereocenters. The van der Waals surface area contributed by atoms with Crippen molar-refractivity contribution in [2.75, 3.05) is 25.5 Å². The topological polar surface area (TPSA) is 50.4 Å². The number of amides is 1. The number of methoxy groups -OCH3 is 1. The first-order valence-corrected chi connectivity index (χ1v) is 7.82. The highest BCUT2D eigenvalue weighted by Gasteiger charge is 2.14. The molecule has 1 saturated heterocycles. The zero-order chi connectivity index (χ0) is 14.4. The highest BCUT2D eigenvalue weighted by Crippen LogP contribution is 2.28. The van der Waals surface area contributed by atoms with Crippen molar-refractivity contribution >= 4 is 39.9 Å². The summed E-state index contributed by atoms with van der Waals surface area (Å²) in [5.74, 6) is 1.53. The summed E-state index contributed by atoms with van der Waals surface area (Å²) in [4.78, 5) is 11.9. The van der Waals surface area contributed by atoms with Crippen molar-refractivity contribution in [2.45, 2.75) is 25.7 Å². The van der Waals surface area contributed by atoms with E-state index in [0.717, 1.165) is 35.4 Å². The molecular weight excluding hydrogens is 356 g/mol. The average Bonchev–Trinajstić information content (AvgIpc) is 2.46. The molecule has 0 atom stereocenters. The molecule has 4 nitrogen and oxygen atoms in total. The smallest absolute Gasteiger partial charge is 0.224 e. The van der Waals surface area contributed by atoms with E-state index in [-0.39, 0.29) is 18.3 Å². The fourth-order valence-corrected chi connectivity index (χ4v) is 3.01. The number of carbonyl (C=O) groups excluding carboxylic acids is 1. The van der Waals surface area contributed by atoms with Crippen LogP contribution in [0.2, 0.25) is 0 Å². The van der Waals surface area contributed by atoms with Gasteiger partial charge in [-0.25, -0.2) is 0 Å². The fraction of sp³-hybridized carbons (Fsp3) is 0.533. The van der Waals surface area contributed by atoms with Gasteiger partial charge < -0.3 is 15.4 Å². The Morgan fingerprint density at radius 3 is 2.76 bits per heavy atom. The van der Waals surface area contributed by atoms with Crippen LogP contribution in [-0.2, 0) is 4.79 Å². The summed E-state index contributed by atoms with van der Waals surface area (Å²) in [6.45, 7) is 2.16. The number of hydrogen-bond donors (Lipinski definition) is 2. The molecule has 0 aliphatic carbocycles. The first-order chi connectivity index (χ1) is 9.69. The molecule has 0 bridgehead atoms.